The second kappa shape index (κ2) is 11.0. The number of piperazine rings is 1. The number of fused-ring (bicyclic) bond motifs is 2. The van der Waals surface area contributed by atoms with Gasteiger partial charge in [-0.25, -0.2) is 19.9 Å². The average Bonchev–Trinajstić information content (AvgIpc) is 3.56. The predicted octanol–water partition coefficient (Wildman–Crippen LogP) is 4.57. The molecule has 1 N–H and O–H groups in total. The number of methoxy groups -OCH3 is 1. The Balaban J connectivity index is 1.35. The molecule has 5 aromatic rings. The number of hydrogen-bond acceptors (Lipinski definition) is 8. The van der Waals surface area contributed by atoms with E-state index in [1.807, 2.05) is 41.0 Å². The van der Waals surface area contributed by atoms with Crippen LogP contribution in [0.3, 0.4) is 0 Å². The summed E-state index contributed by atoms with van der Waals surface area (Å²) in [6.07, 6.45) is 2.08. The lowest BCUT2D eigenvalue weighted by Crippen LogP contribution is -2.44. The van der Waals surface area contributed by atoms with Gasteiger partial charge in [-0.15, -0.1) is 0 Å². The summed E-state index contributed by atoms with van der Waals surface area (Å²) in [5.41, 5.74) is 4.84. The first-order valence-electron chi connectivity index (χ1n) is 13.5. The Morgan fingerprint density at radius 2 is 1.72 bits per heavy atom. The molecule has 1 saturated heterocycles. The van der Waals surface area contributed by atoms with Gasteiger partial charge in [-0.05, 0) is 62.0 Å². The molecule has 0 spiro atoms. The first-order chi connectivity index (χ1) is 19.1. The summed E-state index contributed by atoms with van der Waals surface area (Å²) >= 11 is 0. The number of rotatable bonds is 9. The Morgan fingerprint density at radius 3 is 2.49 bits per heavy atom. The van der Waals surface area contributed by atoms with E-state index in [1.165, 1.54) is 0 Å². The number of anilines is 1. The average molecular weight is 527 g/mol. The number of benzene rings is 1. The predicted molar refractivity (Wildman–Crippen MR) is 153 cm³/mol. The molecule has 4 aromatic heterocycles. The Morgan fingerprint density at radius 1 is 0.897 bits per heavy atom. The van der Waals surface area contributed by atoms with Crippen LogP contribution in [-0.4, -0.2) is 81.3 Å². The second-order valence-corrected chi connectivity index (χ2v) is 9.94. The Kier molecular flexibility index (Phi) is 7.12. The maximum Gasteiger partial charge on any atom is 0.180 e. The van der Waals surface area contributed by atoms with Gasteiger partial charge in [0, 0.05) is 38.3 Å². The van der Waals surface area contributed by atoms with E-state index in [-0.39, 0.29) is 0 Å². The standard InChI is InChI=1S/C29H34N8O2/c1-4-5-18-39-19-37-28(20-6-8-21(38-3)9-7-20)32-24-11-10-23(31-29(24)37)26-30-22-12-13-25(33-27(22)34-26)36-16-14-35(2)15-17-36/h6-13H,4-5,14-19H2,1-3H3,(H,30,33,34). The van der Waals surface area contributed by atoms with Gasteiger partial charge in [0.1, 0.15) is 35.3 Å². The summed E-state index contributed by atoms with van der Waals surface area (Å²) in [6.45, 7) is 7.19. The first-order valence-corrected chi connectivity index (χ1v) is 13.5. The van der Waals surface area contributed by atoms with Gasteiger partial charge in [-0.3, -0.25) is 4.57 Å². The van der Waals surface area contributed by atoms with E-state index in [9.17, 15) is 0 Å². The number of aromatic nitrogens is 6. The summed E-state index contributed by atoms with van der Waals surface area (Å²) in [5.74, 6) is 3.25. The van der Waals surface area contributed by atoms with E-state index < -0.39 is 0 Å². The van der Waals surface area contributed by atoms with Gasteiger partial charge in [0.05, 0.1) is 12.6 Å². The van der Waals surface area contributed by atoms with E-state index in [1.54, 1.807) is 7.11 Å². The van der Waals surface area contributed by atoms with E-state index in [4.69, 9.17) is 29.4 Å². The molecule has 5 heterocycles. The summed E-state index contributed by atoms with van der Waals surface area (Å²) in [6, 6.07) is 16.0. The monoisotopic (exact) mass is 526 g/mol. The molecular weight excluding hydrogens is 492 g/mol. The number of nitrogens with zero attached hydrogens (tertiary/aromatic N) is 7. The van der Waals surface area contributed by atoms with Crippen molar-refractivity contribution < 1.29 is 9.47 Å². The lowest BCUT2D eigenvalue weighted by molar-refractivity contribution is 0.0780. The zero-order chi connectivity index (χ0) is 26.8. The number of H-pyrrole nitrogens is 1. The van der Waals surface area contributed by atoms with Crippen molar-refractivity contribution in [1.82, 2.24) is 34.4 Å². The highest BCUT2D eigenvalue weighted by atomic mass is 16.5. The summed E-state index contributed by atoms with van der Waals surface area (Å²) in [4.78, 5) is 27.6. The summed E-state index contributed by atoms with van der Waals surface area (Å²) in [7, 11) is 3.82. The number of likely N-dealkylation sites (N-methyl/N-ethyl adjacent to an activating group) is 1. The normalized spacial score (nSPS) is 14.5. The maximum atomic E-state index is 6.02. The van der Waals surface area contributed by atoms with Crippen molar-refractivity contribution in [3.05, 3.63) is 48.5 Å². The first kappa shape index (κ1) is 25.3. The van der Waals surface area contributed by atoms with Gasteiger partial charge in [0.2, 0.25) is 0 Å². The molecule has 39 heavy (non-hydrogen) atoms. The van der Waals surface area contributed by atoms with Crippen LogP contribution in [0, 0.1) is 0 Å². The molecule has 0 unspecified atom stereocenters. The van der Waals surface area contributed by atoms with Crippen molar-refractivity contribution in [2.75, 3.05) is 51.8 Å². The number of pyridine rings is 2. The molecular formula is C29H34N8O2. The molecule has 1 aliphatic rings. The molecule has 0 bridgehead atoms. The zero-order valence-electron chi connectivity index (χ0n) is 22.7. The Hall–Kier alpha value is -4.02. The number of hydrogen-bond donors (Lipinski definition) is 1. The molecule has 1 aliphatic heterocycles. The quantitative estimate of drug-likeness (QED) is 0.279. The third-order valence-electron chi connectivity index (χ3n) is 7.20. The van der Waals surface area contributed by atoms with Gasteiger partial charge in [-0.2, -0.15) is 0 Å². The van der Waals surface area contributed by atoms with Crippen LogP contribution >= 0.6 is 0 Å². The molecule has 6 rings (SSSR count). The smallest absolute Gasteiger partial charge is 0.180 e. The minimum absolute atomic E-state index is 0.365. The van der Waals surface area contributed by atoms with Crippen LogP contribution in [0.25, 0.3) is 45.2 Å². The number of nitrogens with one attached hydrogen (secondary N) is 1. The molecule has 0 saturated carbocycles. The lowest BCUT2D eigenvalue weighted by atomic mass is 10.2. The molecule has 202 valence electrons. The van der Waals surface area contributed by atoms with Crippen LogP contribution in [0.1, 0.15) is 19.8 Å². The molecule has 1 aromatic carbocycles. The molecule has 10 nitrogen and oxygen atoms in total. The zero-order valence-corrected chi connectivity index (χ0v) is 22.7. The number of aromatic amines is 1. The lowest BCUT2D eigenvalue weighted by Gasteiger charge is -2.33. The maximum absolute atomic E-state index is 6.02. The van der Waals surface area contributed by atoms with E-state index in [2.05, 4.69) is 40.9 Å². The van der Waals surface area contributed by atoms with Crippen molar-refractivity contribution in [3.63, 3.8) is 0 Å². The van der Waals surface area contributed by atoms with Crippen LogP contribution in [-0.2, 0) is 11.5 Å². The van der Waals surface area contributed by atoms with Gasteiger partial charge in [0.15, 0.2) is 17.1 Å². The molecule has 0 radical (unpaired) electrons. The fraction of sp³-hybridized carbons (Fsp3) is 0.379. The van der Waals surface area contributed by atoms with Crippen molar-refractivity contribution in [3.8, 4) is 28.7 Å². The van der Waals surface area contributed by atoms with Gasteiger partial charge in [0.25, 0.3) is 0 Å². The minimum atomic E-state index is 0.365. The Bertz CT molecular complexity index is 1570. The van der Waals surface area contributed by atoms with Crippen LogP contribution in [0.4, 0.5) is 5.82 Å². The van der Waals surface area contributed by atoms with E-state index >= 15 is 0 Å². The third kappa shape index (κ3) is 5.17. The van der Waals surface area contributed by atoms with Gasteiger partial charge < -0.3 is 24.3 Å². The van der Waals surface area contributed by atoms with Crippen molar-refractivity contribution in [1.29, 1.82) is 0 Å². The topological polar surface area (TPSA) is 97.2 Å². The molecule has 10 heteroatoms. The highest BCUT2D eigenvalue weighted by Crippen LogP contribution is 2.28. The third-order valence-corrected chi connectivity index (χ3v) is 7.20. The molecule has 0 amide bonds. The Labute approximate surface area is 227 Å². The summed E-state index contributed by atoms with van der Waals surface area (Å²) in [5, 5.41) is 0. The number of ether oxygens (including phenoxy) is 2. The highest BCUT2D eigenvalue weighted by Gasteiger charge is 2.19. The highest BCUT2D eigenvalue weighted by molar-refractivity contribution is 5.81. The minimum Gasteiger partial charge on any atom is -0.497 e. The molecule has 1 fully saturated rings. The van der Waals surface area contributed by atoms with E-state index in [0.717, 1.165) is 84.4 Å². The molecule has 0 aliphatic carbocycles. The summed E-state index contributed by atoms with van der Waals surface area (Å²) < 4.78 is 13.4. The number of unbranched alkanes of at least 4 members (excludes halogenated alkanes) is 1. The van der Waals surface area contributed by atoms with E-state index in [0.29, 0.717) is 24.8 Å². The van der Waals surface area contributed by atoms with Gasteiger partial charge >= 0.3 is 0 Å². The number of imidazole rings is 2. The van der Waals surface area contributed by atoms with Crippen LogP contribution in [0.15, 0.2) is 48.5 Å². The van der Waals surface area contributed by atoms with Crippen molar-refractivity contribution in [2.24, 2.45) is 0 Å². The fourth-order valence-electron chi connectivity index (χ4n) is 4.83. The SMILES string of the molecule is CCCCOCn1c(-c2ccc(OC)cc2)nc2ccc(-c3nc4nc(N5CCN(C)CC5)ccc4[nH]3)nc21. The second-order valence-electron chi connectivity index (χ2n) is 9.94. The van der Waals surface area contributed by atoms with Crippen molar-refractivity contribution in [2.45, 2.75) is 26.5 Å². The van der Waals surface area contributed by atoms with Crippen LogP contribution < -0.4 is 9.64 Å². The van der Waals surface area contributed by atoms with Gasteiger partial charge in [-0.1, -0.05) is 13.3 Å². The largest absolute Gasteiger partial charge is 0.497 e. The van der Waals surface area contributed by atoms with Crippen molar-refractivity contribution >= 4 is 28.1 Å². The van der Waals surface area contributed by atoms with Crippen LogP contribution in [0.5, 0.6) is 5.75 Å². The molecule has 0 atom stereocenters. The fourth-order valence-corrected chi connectivity index (χ4v) is 4.83. The van der Waals surface area contributed by atoms with Crippen LogP contribution in [0.2, 0.25) is 0 Å².